The lowest BCUT2D eigenvalue weighted by Crippen LogP contribution is -2.12. The Morgan fingerprint density at radius 3 is 2.17 bits per heavy atom. The Bertz CT molecular complexity index is 682. The van der Waals surface area contributed by atoms with Crippen molar-refractivity contribution in [2.45, 2.75) is 46.0 Å². The van der Waals surface area contributed by atoms with Gasteiger partial charge in [0, 0.05) is 12.7 Å². The van der Waals surface area contributed by atoms with Gasteiger partial charge in [-0.25, -0.2) is 0 Å². The highest BCUT2D eigenvalue weighted by Gasteiger charge is 2.20. The topological polar surface area (TPSA) is 18.5 Å². The third kappa shape index (κ3) is 4.40. The monoisotopic (exact) mass is 390 g/mol. The van der Waals surface area contributed by atoms with E-state index in [9.17, 15) is 0 Å². The normalized spacial score (nSPS) is 11.8. The average Bonchev–Trinajstić information content (AvgIpc) is 2.52. The molecule has 0 spiro atoms. The van der Waals surface area contributed by atoms with Gasteiger partial charge in [0.05, 0.1) is 4.47 Å². The van der Waals surface area contributed by atoms with Gasteiger partial charge in [-0.1, -0.05) is 58.9 Å². The first-order valence-electron chi connectivity index (χ1n) is 8.30. The van der Waals surface area contributed by atoms with Crippen LogP contribution in [0.1, 0.15) is 51.7 Å². The van der Waals surface area contributed by atoms with Crippen molar-refractivity contribution in [1.82, 2.24) is 0 Å². The van der Waals surface area contributed by atoms with Gasteiger partial charge in [0.1, 0.15) is 5.75 Å². The Morgan fingerprint density at radius 2 is 1.67 bits per heavy atom. The van der Waals surface area contributed by atoms with Crippen molar-refractivity contribution in [1.29, 1.82) is 0 Å². The van der Waals surface area contributed by atoms with Gasteiger partial charge >= 0.3 is 0 Å². The standard InChI is InChI=1S/C21H27BrO2/c1-14(2)15-7-9-16(10-8-15)18-11-17(21(3,4)5)12-19(22)20(18)24-13-23-6/h7-12,14H,13H2,1-6H3. The Labute approximate surface area is 154 Å². The molecular weight excluding hydrogens is 364 g/mol. The number of methoxy groups -OCH3 is 1. The van der Waals surface area contributed by atoms with Crippen LogP contribution in [-0.4, -0.2) is 13.9 Å². The highest BCUT2D eigenvalue weighted by molar-refractivity contribution is 9.10. The van der Waals surface area contributed by atoms with E-state index in [1.54, 1.807) is 7.11 Å². The molecule has 0 saturated carbocycles. The van der Waals surface area contributed by atoms with E-state index in [-0.39, 0.29) is 12.2 Å². The summed E-state index contributed by atoms with van der Waals surface area (Å²) >= 11 is 3.68. The molecule has 0 N–H and O–H groups in total. The first-order chi connectivity index (χ1) is 11.2. The van der Waals surface area contributed by atoms with E-state index < -0.39 is 0 Å². The van der Waals surface area contributed by atoms with E-state index in [4.69, 9.17) is 9.47 Å². The zero-order valence-electron chi connectivity index (χ0n) is 15.4. The van der Waals surface area contributed by atoms with Crippen molar-refractivity contribution < 1.29 is 9.47 Å². The molecule has 0 aliphatic heterocycles. The van der Waals surface area contributed by atoms with Crippen molar-refractivity contribution in [3.63, 3.8) is 0 Å². The van der Waals surface area contributed by atoms with Crippen LogP contribution in [0.25, 0.3) is 11.1 Å². The van der Waals surface area contributed by atoms with E-state index in [0.717, 1.165) is 21.3 Å². The fourth-order valence-electron chi connectivity index (χ4n) is 2.55. The minimum absolute atomic E-state index is 0.0644. The van der Waals surface area contributed by atoms with E-state index in [1.165, 1.54) is 11.1 Å². The Kier molecular flexibility index (Phi) is 6.11. The Morgan fingerprint density at radius 1 is 1.04 bits per heavy atom. The SMILES string of the molecule is COCOc1c(Br)cc(C(C)(C)C)cc1-c1ccc(C(C)C)cc1. The molecule has 0 fully saturated rings. The summed E-state index contributed by atoms with van der Waals surface area (Å²) < 4.78 is 11.9. The lowest BCUT2D eigenvalue weighted by molar-refractivity contribution is 0.0510. The van der Waals surface area contributed by atoms with E-state index in [0.29, 0.717) is 5.92 Å². The molecule has 3 heteroatoms. The van der Waals surface area contributed by atoms with Crippen LogP contribution in [0.4, 0.5) is 0 Å². The fraction of sp³-hybridized carbons (Fsp3) is 0.429. The molecule has 2 aromatic rings. The van der Waals surface area contributed by atoms with Crippen LogP contribution in [0.2, 0.25) is 0 Å². The number of ether oxygens (including phenoxy) is 2. The summed E-state index contributed by atoms with van der Waals surface area (Å²) in [6.45, 7) is 11.3. The average molecular weight is 391 g/mol. The second-order valence-corrected chi connectivity index (χ2v) is 8.27. The van der Waals surface area contributed by atoms with Crippen LogP contribution in [-0.2, 0) is 10.2 Å². The van der Waals surface area contributed by atoms with Gasteiger partial charge in [-0.3, -0.25) is 0 Å². The first-order valence-corrected chi connectivity index (χ1v) is 9.09. The van der Waals surface area contributed by atoms with Gasteiger partial charge in [-0.15, -0.1) is 0 Å². The van der Waals surface area contributed by atoms with Gasteiger partial charge in [0.15, 0.2) is 6.79 Å². The molecule has 0 atom stereocenters. The Hall–Kier alpha value is -1.32. The smallest absolute Gasteiger partial charge is 0.188 e. The molecule has 2 nitrogen and oxygen atoms in total. The predicted molar refractivity (Wildman–Crippen MR) is 105 cm³/mol. The number of benzene rings is 2. The van der Waals surface area contributed by atoms with Crippen LogP contribution in [0.5, 0.6) is 5.75 Å². The zero-order chi connectivity index (χ0) is 17.9. The summed E-state index contributed by atoms with van der Waals surface area (Å²) in [4.78, 5) is 0. The van der Waals surface area contributed by atoms with E-state index >= 15 is 0 Å². The molecule has 2 rings (SSSR count). The predicted octanol–water partition coefficient (Wildman–Crippen LogP) is 6.52. The van der Waals surface area contributed by atoms with Gasteiger partial charge in [0.25, 0.3) is 0 Å². The summed E-state index contributed by atoms with van der Waals surface area (Å²) in [5.41, 5.74) is 4.90. The molecule has 0 unspecified atom stereocenters. The molecular formula is C21H27BrO2. The number of hydrogen-bond acceptors (Lipinski definition) is 2. The molecule has 0 radical (unpaired) electrons. The molecule has 0 aromatic heterocycles. The molecule has 130 valence electrons. The summed E-state index contributed by atoms with van der Waals surface area (Å²) in [6.07, 6.45) is 0. The molecule has 0 heterocycles. The summed E-state index contributed by atoms with van der Waals surface area (Å²) in [6, 6.07) is 13.1. The maximum absolute atomic E-state index is 5.85. The summed E-state index contributed by atoms with van der Waals surface area (Å²) in [5.74, 6) is 1.35. The zero-order valence-corrected chi connectivity index (χ0v) is 17.0. The lowest BCUT2D eigenvalue weighted by atomic mass is 9.85. The largest absolute Gasteiger partial charge is 0.466 e. The number of rotatable bonds is 5. The molecule has 0 saturated heterocycles. The van der Waals surface area contributed by atoms with Crippen LogP contribution >= 0.6 is 15.9 Å². The van der Waals surface area contributed by atoms with Gasteiger partial charge in [-0.05, 0) is 56.1 Å². The molecule has 0 aliphatic carbocycles. The minimum atomic E-state index is 0.0644. The molecule has 24 heavy (non-hydrogen) atoms. The molecule has 0 amide bonds. The van der Waals surface area contributed by atoms with E-state index in [2.05, 4.69) is 86.9 Å². The number of halogens is 1. The summed E-state index contributed by atoms with van der Waals surface area (Å²) in [7, 11) is 1.63. The van der Waals surface area contributed by atoms with Crippen LogP contribution in [0.15, 0.2) is 40.9 Å². The van der Waals surface area contributed by atoms with Crippen molar-refractivity contribution in [3.8, 4) is 16.9 Å². The lowest BCUT2D eigenvalue weighted by Gasteiger charge is -2.23. The number of hydrogen-bond donors (Lipinski definition) is 0. The van der Waals surface area contributed by atoms with Crippen LogP contribution in [0.3, 0.4) is 0 Å². The third-order valence-corrected chi connectivity index (χ3v) is 4.71. The highest BCUT2D eigenvalue weighted by Crippen LogP contribution is 2.41. The van der Waals surface area contributed by atoms with Gasteiger partial charge in [0.2, 0.25) is 0 Å². The minimum Gasteiger partial charge on any atom is -0.466 e. The van der Waals surface area contributed by atoms with Crippen molar-refractivity contribution in [2.75, 3.05) is 13.9 Å². The van der Waals surface area contributed by atoms with Gasteiger partial charge in [-0.2, -0.15) is 0 Å². The molecule has 0 aliphatic rings. The Balaban J connectivity index is 2.57. The second-order valence-electron chi connectivity index (χ2n) is 7.41. The van der Waals surface area contributed by atoms with Gasteiger partial charge < -0.3 is 9.47 Å². The van der Waals surface area contributed by atoms with Crippen molar-refractivity contribution in [2.24, 2.45) is 0 Å². The van der Waals surface area contributed by atoms with Crippen LogP contribution < -0.4 is 4.74 Å². The molecule has 0 bridgehead atoms. The second kappa shape index (κ2) is 7.71. The van der Waals surface area contributed by atoms with Crippen LogP contribution in [0, 0.1) is 0 Å². The van der Waals surface area contributed by atoms with Crippen molar-refractivity contribution >= 4 is 15.9 Å². The van der Waals surface area contributed by atoms with Crippen molar-refractivity contribution in [3.05, 3.63) is 52.0 Å². The maximum Gasteiger partial charge on any atom is 0.188 e. The fourth-order valence-corrected chi connectivity index (χ4v) is 3.13. The first kappa shape index (κ1) is 19.0. The highest BCUT2D eigenvalue weighted by atomic mass is 79.9. The van der Waals surface area contributed by atoms with E-state index in [1.807, 2.05) is 0 Å². The molecule has 2 aromatic carbocycles. The maximum atomic E-state index is 5.85. The quantitative estimate of drug-likeness (QED) is 0.540. The third-order valence-electron chi connectivity index (χ3n) is 4.12. The summed E-state index contributed by atoms with van der Waals surface area (Å²) in [5, 5.41) is 0.